The molecule has 1 heteroatoms. The summed E-state index contributed by atoms with van der Waals surface area (Å²) in [5, 5.41) is 0. The zero-order chi connectivity index (χ0) is 21.7. The van der Waals surface area contributed by atoms with Crippen LogP contribution in [0.2, 0.25) is 0 Å². The van der Waals surface area contributed by atoms with E-state index in [0.29, 0.717) is 22.5 Å². The van der Waals surface area contributed by atoms with Gasteiger partial charge in [-0.05, 0) is 110 Å². The minimum atomic E-state index is 0.313. The van der Waals surface area contributed by atoms with Crippen LogP contribution in [-0.4, -0.2) is 5.78 Å². The van der Waals surface area contributed by atoms with Gasteiger partial charge in [0.05, 0.1) is 0 Å². The Bertz CT molecular complexity index is 714. The van der Waals surface area contributed by atoms with Crippen LogP contribution in [0.1, 0.15) is 99.3 Å². The minimum absolute atomic E-state index is 0.313. The molecule has 0 unspecified atom stereocenters. The Balaban J connectivity index is 1.52. The van der Waals surface area contributed by atoms with Gasteiger partial charge in [-0.1, -0.05) is 59.3 Å². The summed E-state index contributed by atoms with van der Waals surface area (Å²) < 4.78 is 0. The third-order valence-corrected chi connectivity index (χ3v) is 10.7. The second-order valence-electron chi connectivity index (χ2n) is 12.3. The van der Waals surface area contributed by atoms with Gasteiger partial charge in [0, 0.05) is 6.42 Å². The van der Waals surface area contributed by atoms with E-state index in [4.69, 9.17) is 0 Å². The van der Waals surface area contributed by atoms with E-state index in [-0.39, 0.29) is 0 Å². The van der Waals surface area contributed by atoms with E-state index in [2.05, 4.69) is 59.8 Å². The summed E-state index contributed by atoms with van der Waals surface area (Å²) in [6.07, 6.45) is 18.5. The first-order valence-electron chi connectivity index (χ1n) is 13.1. The number of hydrogen-bond acceptors (Lipinski definition) is 1. The Morgan fingerprint density at radius 1 is 1.00 bits per heavy atom. The normalized spacial score (nSPS) is 43.2. The Labute approximate surface area is 186 Å². The van der Waals surface area contributed by atoms with Crippen LogP contribution in [0.5, 0.6) is 0 Å². The zero-order valence-electron chi connectivity index (χ0n) is 20.5. The molecular weight excluding hydrogens is 364 g/mol. The van der Waals surface area contributed by atoms with E-state index >= 15 is 0 Å². The molecule has 4 aliphatic rings. The van der Waals surface area contributed by atoms with Crippen LogP contribution in [0.25, 0.3) is 0 Å². The number of carbonyl (C=O) groups is 1. The third kappa shape index (κ3) is 3.57. The molecular formula is C29H46O. The fourth-order valence-electron chi connectivity index (χ4n) is 8.75. The quantitative estimate of drug-likeness (QED) is 0.419. The van der Waals surface area contributed by atoms with Gasteiger partial charge in [-0.15, -0.1) is 0 Å². The molecule has 0 aromatic heterocycles. The highest BCUT2D eigenvalue weighted by Crippen LogP contribution is 2.67. The number of hydrogen-bond donors (Lipinski definition) is 0. The van der Waals surface area contributed by atoms with Gasteiger partial charge in [-0.25, -0.2) is 0 Å². The SMILES string of the molecule is CC[C@@H](/C=C/[C@H](C)[C@@H]1CC[C@@H]2[C@H]3CCC4=CC(=O)CC[C@]4(C)[C@@H]3CC[C@@]21C)C(C)C. The van der Waals surface area contributed by atoms with Crippen molar-refractivity contribution in [3.8, 4) is 0 Å². The summed E-state index contributed by atoms with van der Waals surface area (Å²) in [7, 11) is 0. The number of fused-ring (bicyclic) bond motifs is 5. The van der Waals surface area contributed by atoms with Crippen LogP contribution in [0, 0.1) is 52.3 Å². The Hall–Kier alpha value is -0.850. The van der Waals surface area contributed by atoms with E-state index in [1.165, 1.54) is 50.5 Å². The zero-order valence-corrected chi connectivity index (χ0v) is 20.5. The molecule has 0 saturated heterocycles. The van der Waals surface area contributed by atoms with E-state index in [1.54, 1.807) is 0 Å². The molecule has 3 saturated carbocycles. The topological polar surface area (TPSA) is 17.1 Å². The van der Waals surface area contributed by atoms with Crippen LogP contribution < -0.4 is 0 Å². The van der Waals surface area contributed by atoms with Crippen molar-refractivity contribution in [3.63, 3.8) is 0 Å². The molecule has 8 atom stereocenters. The molecule has 0 heterocycles. The van der Waals surface area contributed by atoms with E-state index in [9.17, 15) is 4.79 Å². The maximum Gasteiger partial charge on any atom is 0.155 e. The number of rotatable bonds is 5. The highest BCUT2D eigenvalue weighted by molar-refractivity contribution is 5.91. The van der Waals surface area contributed by atoms with Crippen molar-refractivity contribution >= 4 is 5.78 Å². The molecule has 0 N–H and O–H groups in total. The molecule has 168 valence electrons. The molecule has 0 aliphatic heterocycles. The fourth-order valence-corrected chi connectivity index (χ4v) is 8.75. The lowest BCUT2D eigenvalue weighted by atomic mass is 9.46. The predicted octanol–water partition coefficient (Wildman–Crippen LogP) is 8.01. The lowest BCUT2D eigenvalue weighted by molar-refractivity contribution is -0.117. The summed E-state index contributed by atoms with van der Waals surface area (Å²) in [6.45, 7) is 14.7. The number of allylic oxidation sites excluding steroid dienone is 3. The van der Waals surface area contributed by atoms with Crippen molar-refractivity contribution in [2.45, 2.75) is 99.3 Å². The van der Waals surface area contributed by atoms with Crippen molar-refractivity contribution in [1.82, 2.24) is 0 Å². The largest absolute Gasteiger partial charge is 0.295 e. The van der Waals surface area contributed by atoms with Crippen LogP contribution in [0.3, 0.4) is 0 Å². The molecule has 4 aliphatic carbocycles. The molecule has 1 nitrogen and oxygen atoms in total. The molecule has 4 rings (SSSR count). The molecule has 0 bridgehead atoms. The third-order valence-electron chi connectivity index (χ3n) is 10.7. The highest BCUT2D eigenvalue weighted by atomic mass is 16.1. The summed E-state index contributed by atoms with van der Waals surface area (Å²) in [5.41, 5.74) is 2.34. The maximum atomic E-state index is 12.1. The molecule has 0 spiro atoms. The van der Waals surface area contributed by atoms with Gasteiger partial charge in [-0.2, -0.15) is 0 Å². The van der Waals surface area contributed by atoms with Crippen LogP contribution in [-0.2, 0) is 4.79 Å². The summed E-state index contributed by atoms with van der Waals surface area (Å²) >= 11 is 0. The van der Waals surface area contributed by atoms with Crippen molar-refractivity contribution in [2.24, 2.45) is 52.3 Å². The number of carbonyl (C=O) groups excluding carboxylic acids is 1. The van der Waals surface area contributed by atoms with E-state index in [1.807, 2.05) is 0 Å². The standard InChI is InChI=1S/C29H46O/c1-7-21(19(2)3)9-8-20(4)25-12-13-26-24-11-10-22-18-23(30)14-16-28(22,5)27(24)15-17-29(25,26)6/h8-9,18-21,24-27H,7,10-17H2,1-6H3/b9-8+/t20-,21-,24+,25-,26+,27+,28-,29+/m0/s1. The van der Waals surface area contributed by atoms with E-state index < -0.39 is 0 Å². The first-order valence-corrected chi connectivity index (χ1v) is 13.1. The predicted molar refractivity (Wildman–Crippen MR) is 127 cm³/mol. The van der Waals surface area contributed by atoms with Gasteiger partial charge in [0.2, 0.25) is 0 Å². The van der Waals surface area contributed by atoms with Gasteiger partial charge in [-0.3, -0.25) is 4.79 Å². The van der Waals surface area contributed by atoms with Crippen LogP contribution in [0.15, 0.2) is 23.8 Å². The molecule has 30 heavy (non-hydrogen) atoms. The van der Waals surface area contributed by atoms with Gasteiger partial charge >= 0.3 is 0 Å². The van der Waals surface area contributed by atoms with Gasteiger partial charge in [0.15, 0.2) is 5.78 Å². The average Bonchev–Trinajstić information content (AvgIpc) is 3.06. The Kier molecular flexibility index (Phi) is 6.15. The lowest BCUT2D eigenvalue weighted by Gasteiger charge is -2.58. The number of ketones is 1. The second-order valence-corrected chi connectivity index (χ2v) is 12.3. The molecule has 0 radical (unpaired) electrons. The fraction of sp³-hybridized carbons (Fsp3) is 0.828. The highest BCUT2D eigenvalue weighted by Gasteiger charge is 2.59. The van der Waals surface area contributed by atoms with Crippen molar-refractivity contribution in [1.29, 1.82) is 0 Å². The first-order chi connectivity index (χ1) is 14.2. The monoisotopic (exact) mass is 410 g/mol. The summed E-state index contributed by atoms with van der Waals surface area (Å²) in [4.78, 5) is 12.1. The lowest BCUT2D eigenvalue weighted by Crippen LogP contribution is -2.50. The minimum Gasteiger partial charge on any atom is -0.295 e. The van der Waals surface area contributed by atoms with Crippen molar-refractivity contribution in [2.75, 3.05) is 0 Å². The van der Waals surface area contributed by atoms with Crippen molar-refractivity contribution in [3.05, 3.63) is 23.8 Å². The van der Waals surface area contributed by atoms with Crippen molar-refractivity contribution < 1.29 is 4.79 Å². The molecule has 0 aromatic carbocycles. The second kappa shape index (κ2) is 8.25. The van der Waals surface area contributed by atoms with Crippen LogP contribution in [0.4, 0.5) is 0 Å². The molecule has 0 aromatic rings. The molecule has 0 amide bonds. The maximum absolute atomic E-state index is 12.1. The Morgan fingerprint density at radius 3 is 2.47 bits per heavy atom. The first kappa shape index (κ1) is 22.3. The summed E-state index contributed by atoms with van der Waals surface area (Å²) in [6, 6.07) is 0. The smallest absolute Gasteiger partial charge is 0.155 e. The van der Waals surface area contributed by atoms with Gasteiger partial charge in [0.1, 0.15) is 0 Å². The summed E-state index contributed by atoms with van der Waals surface area (Å²) in [5.74, 6) is 6.01. The van der Waals surface area contributed by atoms with Crippen LogP contribution >= 0.6 is 0 Å². The van der Waals surface area contributed by atoms with Gasteiger partial charge < -0.3 is 0 Å². The van der Waals surface area contributed by atoms with E-state index in [0.717, 1.165) is 48.3 Å². The van der Waals surface area contributed by atoms with Gasteiger partial charge in [0.25, 0.3) is 0 Å². The molecule has 3 fully saturated rings. The average molecular weight is 411 g/mol. The Morgan fingerprint density at radius 2 is 1.77 bits per heavy atom.